The molecule has 0 aromatic heterocycles. The van der Waals surface area contributed by atoms with Gasteiger partial charge in [0, 0.05) is 4.47 Å². The molecule has 0 bridgehead atoms. The monoisotopic (exact) mass is 288 g/mol. The minimum absolute atomic E-state index is 0.110. The number of rotatable bonds is 3. The van der Waals surface area contributed by atoms with Crippen LogP contribution in [0.25, 0.3) is 0 Å². The van der Waals surface area contributed by atoms with Crippen molar-refractivity contribution in [3.8, 4) is 0 Å². The van der Waals surface area contributed by atoms with E-state index in [2.05, 4.69) is 20.7 Å². The third-order valence-corrected chi connectivity index (χ3v) is 2.64. The normalized spacial score (nSPS) is 12.0. The number of carbonyl (C=O) groups is 2. The summed E-state index contributed by atoms with van der Waals surface area (Å²) in [6, 6.07) is 4.05. The topological polar surface area (TPSA) is 43.4 Å². The molecule has 1 aromatic rings. The lowest BCUT2D eigenvalue weighted by Gasteiger charge is -2.08. The molecule has 5 heteroatoms. The van der Waals surface area contributed by atoms with Crippen LogP contribution in [0.15, 0.2) is 22.7 Å². The van der Waals surface area contributed by atoms with Gasteiger partial charge in [-0.3, -0.25) is 9.59 Å². The summed E-state index contributed by atoms with van der Waals surface area (Å²) in [6.07, 6.45) is 0. The van der Waals surface area contributed by atoms with E-state index in [9.17, 15) is 14.0 Å². The second kappa shape index (κ2) is 5.21. The molecule has 1 aromatic carbocycles. The highest BCUT2D eigenvalue weighted by Gasteiger charge is 2.25. The van der Waals surface area contributed by atoms with Crippen LogP contribution < -0.4 is 0 Å². The fraction of sp³-hybridized carbons (Fsp3) is 0.273. The van der Waals surface area contributed by atoms with Gasteiger partial charge in [-0.05, 0) is 25.1 Å². The van der Waals surface area contributed by atoms with Crippen molar-refractivity contribution in [2.24, 2.45) is 5.92 Å². The predicted octanol–water partition coefficient (Wildman–Crippen LogP) is 2.58. The van der Waals surface area contributed by atoms with E-state index in [0.717, 1.165) is 0 Å². The third-order valence-electron chi connectivity index (χ3n) is 2.14. The predicted molar refractivity (Wildman–Crippen MR) is 59.6 cm³/mol. The Labute approximate surface area is 101 Å². The number of ether oxygens (including phenoxy) is 1. The Morgan fingerprint density at radius 3 is 2.56 bits per heavy atom. The molecular formula is C11H10BrFO3. The van der Waals surface area contributed by atoms with Crippen molar-refractivity contribution >= 4 is 27.7 Å². The Kier molecular flexibility index (Phi) is 4.18. The molecule has 0 saturated heterocycles. The number of halogens is 2. The van der Waals surface area contributed by atoms with Crippen molar-refractivity contribution in [1.82, 2.24) is 0 Å². The van der Waals surface area contributed by atoms with Crippen LogP contribution in [0.2, 0.25) is 0 Å². The Morgan fingerprint density at radius 1 is 1.44 bits per heavy atom. The summed E-state index contributed by atoms with van der Waals surface area (Å²) < 4.78 is 18.4. The average molecular weight is 289 g/mol. The first-order valence-electron chi connectivity index (χ1n) is 4.54. The van der Waals surface area contributed by atoms with Crippen molar-refractivity contribution in [1.29, 1.82) is 0 Å². The van der Waals surface area contributed by atoms with Crippen LogP contribution >= 0.6 is 15.9 Å². The highest BCUT2D eigenvalue weighted by atomic mass is 79.9. The molecular weight excluding hydrogens is 279 g/mol. The number of esters is 1. The molecule has 1 atom stereocenters. The summed E-state index contributed by atoms with van der Waals surface area (Å²) in [5, 5.41) is 0. The summed E-state index contributed by atoms with van der Waals surface area (Å²) in [5.74, 6) is -2.92. The Hall–Kier alpha value is -1.23. The van der Waals surface area contributed by atoms with Crippen LogP contribution in [0.3, 0.4) is 0 Å². The molecule has 0 aliphatic rings. The first kappa shape index (κ1) is 12.8. The number of methoxy groups -OCH3 is 1. The first-order valence-corrected chi connectivity index (χ1v) is 5.33. The summed E-state index contributed by atoms with van der Waals surface area (Å²) in [5.41, 5.74) is -0.110. The molecule has 86 valence electrons. The number of hydrogen-bond acceptors (Lipinski definition) is 3. The van der Waals surface area contributed by atoms with Crippen LogP contribution in [0, 0.1) is 11.7 Å². The van der Waals surface area contributed by atoms with E-state index in [4.69, 9.17) is 0 Å². The lowest BCUT2D eigenvalue weighted by molar-refractivity contribution is -0.143. The van der Waals surface area contributed by atoms with Gasteiger partial charge in [-0.1, -0.05) is 15.9 Å². The molecule has 0 saturated carbocycles. The van der Waals surface area contributed by atoms with Crippen molar-refractivity contribution in [2.75, 3.05) is 7.11 Å². The standard InChI is InChI=1S/C11H10BrFO3/c1-6(11(15)16-2)10(14)8-4-3-7(12)5-9(8)13/h3-6H,1-2H3. The van der Waals surface area contributed by atoms with E-state index in [1.807, 2.05) is 0 Å². The SMILES string of the molecule is COC(=O)C(C)C(=O)c1ccc(Br)cc1F. The minimum atomic E-state index is -0.999. The smallest absolute Gasteiger partial charge is 0.316 e. The highest BCUT2D eigenvalue weighted by molar-refractivity contribution is 9.10. The Balaban J connectivity index is 3.01. The molecule has 0 spiro atoms. The molecule has 0 heterocycles. The zero-order valence-electron chi connectivity index (χ0n) is 8.79. The van der Waals surface area contributed by atoms with Crippen LogP contribution in [0.4, 0.5) is 4.39 Å². The van der Waals surface area contributed by atoms with Crippen LogP contribution in [0.5, 0.6) is 0 Å². The van der Waals surface area contributed by atoms with Crippen LogP contribution in [0.1, 0.15) is 17.3 Å². The molecule has 0 aliphatic carbocycles. The number of benzene rings is 1. The van der Waals surface area contributed by atoms with E-state index < -0.39 is 23.5 Å². The van der Waals surface area contributed by atoms with Crippen molar-refractivity contribution < 1.29 is 18.7 Å². The molecule has 0 N–H and O–H groups in total. The fourth-order valence-electron chi connectivity index (χ4n) is 1.21. The number of Topliss-reactive ketones (excluding diaryl/α,β-unsaturated/α-hetero) is 1. The summed E-state index contributed by atoms with van der Waals surface area (Å²) in [6.45, 7) is 1.38. The van der Waals surface area contributed by atoms with Gasteiger partial charge in [0.15, 0.2) is 5.78 Å². The average Bonchev–Trinajstić information content (AvgIpc) is 2.26. The third kappa shape index (κ3) is 2.66. The molecule has 1 unspecified atom stereocenters. The van der Waals surface area contributed by atoms with Gasteiger partial charge in [0.25, 0.3) is 0 Å². The lowest BCUT2D eigenvalue weighted by Crippen LogP contribution is -2.23. The maximum Gasteiger partial charge on any atom is 0.316 e. The van der Waals surface area contributed by atoms with E-state index in [1.165, 1.54) is 26.2 Å². The van der Waals surface area contributed by atoms with Gasteiger partial charge in [-0.2, -0.15) is 0 Å². The molecule has 0 aliphatic heterocycles. The molecule has 1 rings (SSSR count). The van der Waals surface area contributed by atoms with Crippen molar-refractivity contribution in [2.45, 2.75) is 6.92 Å². The number of carbonyl (C=O) groups excluding carboxylic acids is 2. The van der Waals surface area contributed by atoms with Gasteiger partial charge in [0.05, 0.1) is 12.7 Å². The maximum absolute atomic E-state index is 13.4. The van der Waals surface area contributed by atoms with Crippen molar-refractivity contribution in [3.05, 3.63) is 34.1 Å². The minimum Gasteiger partial charge on any atom is -0.468 e. The first-order chi connectivity index (χ1) is 7.47. The Morgan fingerprint density at radius 2 is 2.06 bits per heavy atom. The summed E-state index contributed by atoms with van der Waals surface area (Å²) in [7, 11) is 1.18. The van der Waals surface area contributed by atoms with E-state index in [1.54, 1.807) is 6.07 Å². The van der Waals surface area contributed by atoms with Gasteiger partial charge in [0.2, 0.25) is 0 Å². The summed E-state index contributed by atoms with van der Waals surface area (Å²) in [4.78, 5) is 22.9. The summed E-state index contributed by atoms with van der Waals surface area (Å²) >= 11 is 3.08. The highest BCUT2D eigenvalue weighted by Crippen LogP contribution is 2.18. The van der Waals surface area contributed by atoms with Gasteiger partial charge in [0.1, 0.15) is 11.7 Å². The fourth-order valence-corrected chi connectivity index (χ4v) is 1.54. The largest absolute Gasteiger partial charge is 0.468 e. The van der Waals surface area contributed by atoms with E-state index >= 15 is 0 Å². The zero-order valence-corrected chi connectivity index (χ0v) is 10.4. The molecule has 0 fully saturated rings. The quantitative estimate of drug-likeness (QED) is 0.488. The van der Waals surface area contributed by atoms with Gasteiger partial charge < -0.3 is 4.74 Å². The number of ketones is 1. The van der Waals surface area contributed by atoms with Crippen LogP contribution in [-0.2, 0) is 9.53 Å². The Bertz CT molecular complexity index is 431. The molecule has 3 nitrogen and oxygen atoms in total. The van der Waals surface area contributed by atoms with E-state index in [0.29, 0.717) is 4.47 Å². The maximum atomic E-state index is 13.4. The second-order valence-electron chi connectivity index (χ2n) is 3.23. The van der Waals surface area contributed by atoms with Gasteiger partial charge in [-0.15, -0.1) is 0 Å². The molecule has 0 radical (unpaired) electrons. The van der Waals surface area contributed by atoms with Gasteiger partial charge in [-0.25, -0.2) is 4.39 Å². The van der Waals surface area contributed by atoms with Gasteiger partial charge >= 0.3 is 5.97 Å². The second-order valence-corrected chi connectivity index (χ2v) is 4.15. The van der Waals surface area contributed by atoms with E-state index in [-0.39, 0.29) is 5.56 Å². The van der Waals surface area contributed by atoms with Crippen LogP contribution in [-0.4, -0.2) is 18.9 Å². The molecule has 0 amide bonds. The van der Waals surface area contributed by atoms with Crippen molar-refractivity contribution in [3.63, 3.8) is 0 Å². The molecule has 16 heavy (non-hydrogen) atoms. The number of hydrogen-bond donors (Lipinski definition) is 0. The zero-order chi connectivity index (χ0) is 12.3. The lowest BCUT2D eigenvalue weighted by atomic mass is 9.99.